The first-order valence-electron chi connectivity index (χ1n) is 10.3. The van der Waals surface area contributed by atoms with Crippen molar-refractivity contribution in [1.29, 1.82) is 0 Å². The van der Waals surface area contributed by atoms with Crippen molar-refractivity contribution in [2.24, 2.45) is 0 Å². The Balaban J connectivity index is 1.21. The number of hydrogen-bond acceptors (Lipinski definition) is 6. The lowest BCUT2D eigenvalue weighted by Gasteiger charge is -2.36. The van der Waals surface area contributed by atoms with Gasteiger partial charge in [-0.3, -0.25) is 14.7 Å². The molecule has 2 heterocycles. The number of amides is 1. The van der Waals surface area contributed by atoms with E-state index < -0.39 is 5.76 Å². The third kappa shape index (κ3) is 4.97. The molecule has 1 aliphatic heterocycles. The molecule has 0 aliphatic carbocycles. The summed E-state index contributed by atoms with van der Waals surface area (Å²) in [5, 5.41) is 2.85. The van der Waals surface area contributed by atoms with Crippen LogP contribution >= 0.6 is 0 Å². The number of fused-ring (bicyclic) bond motifs is 1. The number of rotatable bonds is 7. The normalized spacial score (nSPS) is 14.9. The number of anilines is 1. The van der Waals surface area contributed by atoms with Crippen LogP contribution in [0.2, 0.25) is 0 Å². The number of oxazole rings is 1. The van der Waals surface area contributed by atoms with Gasteiger partial charge in [-0.05, 0) is 30.3 Å². The first kappa shape index (κ1) is 20.7. The van der Waals surface area contributed by atoms with Crippen molar-refractivity contribution < 1.29 is 13.9 Å². The lowest BCUT2D eigenvalue weighted by Crippen LogP contribution is -2.46. The number of nitrogens with zero attached hydrogens (tertiary/aromatic N) is 2. The van der Waals surface area contributed by atoms with Crippen molar-refractivity contribution in [3.8, 4) is 5.75 Å². The SMILES string of the molecule is COc1ccccc1N1CCN(CC=CCNC(=O)c2ccc3[nH]c(=O)oc3c2)CC1. The van der Waals surface area contributed by atoms with Crippen LogP contribution in [-0.4, -0.2) is 62.2 Å². The minimum atomic E-state index is -0.528. The summed E-state index contributed by atoms with van der Waals surface area (Å²) in [6.07, 6.45) is 4.03. The molecule has 0 atom stereocenters. The maximum Gasteiger partial charge on any atom is 0.417 e. The smallest absolute Gasteiger partial charge is 0.417 e. The number of carbonyl (C=O) groups excluding carboxylic acids is 1. The van der Waals surface area contributed by atoms with E-state index in [1.54, 1.807) is 25.3 Å². The molecular formula is C23H26N4O4. The second kappa shape index (κ2) is 9.53. The molecule has 8 nitrogen and oxygen atoms in total. The van der Waals surface area contributed by atoms with Gasteiger partial charge in [0, 0.05) is 44.8 Å². The first-order chi connectivity index (χ1) is 15.1. The van der Waals surface area contributed by atoms with E-state index in [-0.39, 0.29) is 5.91 Å². The van der Waals surface area contributed by atoms with Gasteiger partial charge in [-0.2, -0.15) is 0 Å². The molecule has 1 fully saturated rings. The van der Waals surface area contributed by atoms with Crippen molar-refractivity contribution in [2.45, 2.75) is 0 Å². The van der Waals surface area contributed by atoms with E-state index >= 15 is 0 Å². The number of carbonyl (C=O) groups is 1. The van der Waals surface area contributed by atoms with Crippen LogP contribution in [0.1, 0.15) is 10.4 Å². The molecule has 1 amide bonds. The van der Waals surface area contributed by atoms with E-state index in [1.165, 1.54) is 0 Å². The zero-order chi connectivity index (χ0) is 21.6. The summed E-state index contributed by atoms with van der Waals surface area (Å²) in [7, 11) is 1.70. The van der Waals surface area contributed by atoms with Crippen molar-refractivity contribution >= 4 is 22.7 Å². The molecule has 3 aromatic rings. The third-order valence-electron chi connectivity index (χ3n) is 5.39. The average Bonchev–Trinajstić information content (AvgIpc) is 3.18. The highest BCUT2D eigenvalue weighted by Gasteiger charge is 2.18. The number of benzene rings is 2. The van der Waals surface area contributed by atoms with Crippen LogP contribution in [0.3, 0.4) is 0 Å². The number of piperazine rings is 1. The second-order valence-electron chi connectivity index (χ2n) is 7.37. The van der Waals surface area contributed by atoms with Crippen molar-refractivity contribution in [3.63, 3.8) is 0 Å². The Morgan fingerprint density at radius 2 is 1.97 bits per heavy atom. The number of H-pyrrole nitrogens is 1. The summed E-state index contributed by atoms with van der Waals surface area (Å²) < 4.78 is 10.5. The molecule has 1 aliphatic rings. The summed E-state index contributed by atoms with van der Waals surface area (Å²) in [4.78, 5) is 30.8. The molecule has 2 aromatic carbocycles. The fourth-order valence-electron chi connectivity index (χ4n) is 3.71. The van der Waals surface area contributed by atoms with Crippen LogP contribution in [0.5, 0.6) is 5.75 Å². The van der Waals surface area contributed by atoms with Gasteiger partial charge < -0.3 is 19.4 Å². The standard InChI is InChI=1S/C23H26N4O4/c1-30-20-7-3-2-6-19(20)27-14-12-26(13-15-27)11-5-4-10-24-22(28)17-8-9-18-21(16-17)31-23(29)25-18/h2-9,16H,10-15H2,1H3,(H,24,28)(H,25,29). The number of ether oxygens (including phenoxy) is 1. The van der Waals surface area contributed by atoms with E-state index in [0.29, 0.717) is 23.2 Å². The number of methoxy groups -OCH3 is 1. The second-order valence-corrected chi connectivity index (χ2v) is 7.37. The van der Waals surface area contributed by atoms with Crippen LogP contribution in [0.25, 0.3) is 11.1 Å². The zero-order valence-electron chi connectivity index (χ0n) is 17.5. The molecule has 31 heavy (non-hydrogen) atoms. The summed E-state index contributed by atoms with van der Waals surface area (Å²) in [6, 6.07) is 13.0. The molecule has 0 radical (unpaired) electrons. The minimum Gasteiger partial charge on any atom is -0.495 e. The van der Waals surface area contributed by atoms with Crippen LogP contribution in [0.4, 0.5) is 5.69 Å². The molecule has 162 valence electrons. The lowest BCUT2D eigenvalue weighted by molar-refractivity contribution is 0.0958. The zero-order valence-corrected chi connectivity index (χ0v) is 17.5. The van der Waals surface area contributed by atoms with Gasteiger partial charge in [-0.1, -0.05) is 24.3 Å². The largest absolute Gasteiger partial charge is 0.495 e. The number of hydrogen-bond donors (Lipinski definition) is 2. The Bertz CT molecular complexity index is 1130. The maximum atomic E-state index is 12.3. The quantitative estimate of drug-likeness (QED) is 0.568. The van der Waals surface area contributed by atoms with E-state index in [2.05, 4.69) is 32.2 Å². The van der Waals surface area contributed by atoms with Crippen LogP contribution < -0.4 is 20.7 Å². The highest BCUT2D eigenvalue weighted by Crippen LogP contribution is 2.28. The van der Waals surface area contributed by atoms with Gasteiger partial charge in [-0.15, -0.1) is 0 Å². The van der Waals surface area contributed by atoms with Gasteiger partial charge in [-0.25, -0.2) is 4.79 Å². The van der Waals surface area contributed by atoms with Crippen LogP contribution in [0.15, 0.2) is 63.8 Å². The number of nitrogens with one attached hydrogen (secondary N) is 2. The average molecular weight is 422 g/mol. The monoisotopic (exact) mass is 422 g/mol. The highest BCUT2D eigenvalue weighted by atomic mass is 16.5. The van der Waals surface area contributed by atoms with Gasteiger partial charge in [0.25, 0.3) is 5.91 Å². The Morgan fingerprint density at radius 3 is 2.77 bits per heavy atom. The molecular weight excluding hydrogens is 396 g/mol. The summed E-state index contributed by atoms with van der Waals surface area (Å²) in [5.41, 5.74) is 2.55. The molecule has 8 heteroatoms. The molecule has 4 rings (SSSR count). The number of aromatic amines is 1. The molecule has 0 unspecified atom stereocenters. The maximum absolute atomic E-state index is 12.3. The predicted molar refractivity (Wildman–Crippen MR) is 120 cm³/mol. The summed E-state index contributed by atoms with van der Waals surface area (Å²) in [6.45, 7) is 5.11. The number of aromatic nitrogens is 1. The first-order valence-corrected chi connectivity index (χ1v) is 10.3. The van der Waals surface area contributed by atoms with Crippen LogP contribution in [0, 0.1) is 0 Å². The molecule has 0 spiro atoms. The van der Waals surface area contributed by atoms with Gasteiger partial charge >= 0.3 is 5.76 Å². The Kier molecular flexibility index (Phi) is 6.37. The van der Waals surface area contributed by atoms with Crippen molar-refractivity contribution in [2.75, 3.05) is 51.3 Å². The molecule has 1 aromatic heterocycles. The Morgan fingerprint density at radius 1 is 1.16 bits per heavy atom. The highest BCUT2D eigenvalue weighted by molar-refractivity contribution is 5.97. The molecule has 2 N–H and O–H groups in total. The van der Waals surface area contributed by atoms with Gasteiger partial charge in [0.15, 0.2) is 5.58 Å². The fourth-order valence-corrected chi connectivity index (χ4v) is 3.71. The van der Waals surface area contributed by atoms with E-state index in [1.807, 2.05) is 24.3 Å². The van der Waals surface area contributed by atoms with E-state index in [4.69, 9.17) is 9.15 Å². The van der Waals surface area contributed by atoms with Crippen molar-refractivity contribution in [1.82, 2.24) is 15.2 Å². The van der Waals surface area contributed by atoms with Gasteiger partial charge in [0.2, 0.25) is 0 Å². The third-order valence-corrected chi connectivity index (χ3v) is 5.39. The van der Waals surface area contributed by atoms with Gasteiger partial charge in [0.05, 0.1) is 18.3 Å². The van der Waals surface area contributed by atoms with Crippen LogP contribution in [-0.2, 0) is 0 Å². The summed E-state index contributed by atoms with van der Waals surface area (Å²) >= 11 is 0. The fraction of sp³-hybridized carbons (Fsp3) is 0.304. The Hall–Kier alpha value is -3.52. The summed E-state index contributed by atoms with van der Waals surface area (Å²) in [5.74, 6) is 0.171. The molecule has 0 saturated carbocycles. The molecule has 0 bridgehead atoms. The van der Waals surface area contributed by atoms with E-state index in [9.17, 15) is 9.59 Å². The lowest BCUT2D eigenvalue weighted by atomic mass is 10.2. The minimum absolute atomic E-state index is 0.208. The number of para-hydroxylation sites is 2. The van der Waals surface area contributed by atoms with Gasteiger partial charge in [0.1, 0.15) is 5.75 Å². The van der Waals surface area contributed by atoms with Crippen molar-refractivity contribution in [3.05, 3.63) is 70.7 Å². The Labute approximate surface area is 180 Å². The molecule has 1 saturated heterocycles. The van der Waals surface area contributed by atoms with E-state index in [0.717, 1.165) is 44.2 Å². The topological polar surface area (TPSA) is 90.8 Å². The predicted octanol–water partition coefficient (Wildman–Crippen LogP) is 2.24.